The maximum absolute atomic E-state index is 11.7. The van der Waals surface area contributed by atoms with E-state index in [9.17, 15) is 4.79 Å². The van der Waals surface area contributed by atoms with Crippen molar-refractivity contribution in [3.05, 3.63) is 70.8 Å². The van der Waals surface area contributed by atoms with Crippen molar-refractivity contribution in [2.45, 2.75) is 6.92 Å². The molecule has 1 N–H and O–H groups in total. The lowest BCUT2D eigenvalue weighted by Gasteiger charge is -2.06. The van der Waals surface area contributed by atoms with Crippen LogP contribution in [0.15, 0.2) is 65.3 Å². The fourth-order valence-electron chi connectivity index (χ4n) is 1.79. The number of hydrogen-bond acceptors (Lipinski definition) is 3. The second kappa shape index (κ2) is 8.76. The number of carbonyl (C=O) groups excluding carboxylic acids is 1. The SMILES string of the molecule is CC(/C=N/NC(=O)COc1ccccc1Cl)=C\c1ccccc1. The van der Waals surface area contributed by atoms with Crippen LogP contribution in [-0.2, 0) is 4.79 Å². The largest absolute Gasteiger partial charge is 0.482 e. The molecular weight excluding hydrogens is 312 g/mol. The Morgan fingerprint density at radius 1 is 1.17 bits per heavy atom. The third-order valence-corrected chi connectivity index (χ3v) is 3.16. The van der Waals surface area contributed by atoms with E-state index < -0.39 is 0 Å². The lowest BCUT2D eigenvalue weighted by atomic mass is 10.1. The van der Waals surface area contributed by atoms with Crippen molar-refractivity contribution in [3.63, 3.8) is 0 Å². The molecule has 0 saturated carbocycles. The molecule has 0 heterocycles. The highest BCUT2D eigenvalue weighted by Crippen LogP contribution is 2.22. The standard InChI is InChI=1S/C18H17ClN2O2/c1-14(11-15-7-3-2-4-8-15)12-20-21-18(22)13-23-17-10-6-5-9-16(17)19/h2-12H,13H2,1H3,(H,21,22)/b14-11+,20-12+. The highest BCUT2D eigenvalue weighted by Gasteiger charge is 2.03. The average Bonchev–Trinajstić information content (AvgIpc) is 2.55. The number of rotatable bonds is 6. The molecule has 2 aromatic rings. The topological polar surface area (TPSA) is 50.7 Å². The van der Waals surface area contributed by atoms with Crippen LogP contribution in [0.3, 0.4) is 0 Å². The molecular formula is C18H17ClN2O2. The van der Waals surface area contributed by atoms with Gasteiger partial charge in [0.15, 0.2) is 6.61 Å². The Kier molecular flexibility index (Phi) is 6.39. The van der Waals surface area contributed by atoms with E-state index >= 15 is 0 Å². The maximum Gasteiger partial charge on any atom is 0.277 e. The molecule has 0 aromatic heterocycles. The van der Waals surface area contributed by atoms with Crippen LogP contribution in [-0.4, -0.2) is 18.7 Å². The first-order valence-corrected chi connectivity index (χ1v) is 7.45. The van der Waals surface area contributed by atoms with Gasteiger partial charge in [0, 0.05) is 0 Å². The van der Waals surface area contributed by atoms with Gasteiger partial charge in [-0.2, -0.15) is 5.10 Å². The second-order valence-corrected chi connectivity index (χ2v) is 5.22. The van der Waals surface area contributed by atoms with Crippen molar-refractivity contribution in [1.29, 1.82) is 0 Å². The second-order valence-electron chi connectivity index (χ2n) is 4.81. The van der Waals surface area contributed by atoms with Gasteiger partial charge in [-0.05, 0) is 30.2 Å². The van der Waals surface area contributed by atoms with E-state index in [1.165, 1.54) is 0 Å². The molecule has 0 radical (unpaired) electrons. The monoisotopic (exact) mass is 328 g/mol. The summed E-state index contributed by atoms with van der Waals surface area (Å²) in [6.07, 6.45) is 3.55. The number of para-hydroxylation sites is 1. The van der Waals surface area contributed by atoms with Crippen LogP contribution < -0.4 is 10.2 Å². The number of benzene rings is 2. The van der Waals surface area contributed by atoms with Crippen LogP contribution >= 0.6 is 11.6 Å². The Morgan fingerprint density at radius 2 is 1.87 bits per heavy atom. The molecule has 2 aromatic carbocycles. The molecule has 0 fully saturated rings. The molecule has 0 aliphatic heterocycles. The van der Waals surface area contributed by atoms with Crippen molar-refractivity contribution < 1.29 is 9.53 Å². The molecule has 5 heteroatoms. The van der Waals surface area contributed by atoms with Crippen molar-refractivity contribution in [2.75, 3.05) is 6.61 Å². The van der Waals surface area contributed by atoms with E-state index in [-0.39, 0.29) is 12.5 Å². The van der Waals surface area contributed by atoms with Gasteiger partial charge in [0.25, 0.3) is 5.91 Å². The number of amides is 1. The van der Waals surface area contributed by atoms with E-state index in [2.05, 4.69) is 10.5 Å². The van der Waals surface area contributed by atoms with Crippen LogP contribution in [0.2, 0.25) is 5.02 Å². The Balaban J connectivity index is 1.80. The number of hydrazone groups is 1. The molecule has 0 saturated heterocycles. The smallest absolute Gasteiger partial charge is 0.277 e. The van der Waals surface area contributed by atoms with Crippen LogP contribution in [0.5, 0.6) is 5.75 Å². The molecule has 1 amide bonds. The van der Waals surface area contributed by atoms with Crippen molar-refractivity contribution in [2.24, 2.45) is 5.10 Å². The third kappa shape index (κ3) is 5.96. The Hall–Kier alpha value is -2.59. The van der Waals surface area contributed by atoms with E-state index in [0.29, 0.717) is 10.8 Å². The summed E-state index contributed by atoms with van der Waals surface area (Å²) in [5.74, 6) is 0.113. The van der Waals surface area contributed by atoms with Crippen LogP contribution in [0, 0.1) is 0 Å². The first-order chi connectivity index (χ1) is 11.1. The Bertz CT molecular complexity index is 712. The first-order valence-electron chi connectivity index (χ1n) is 7.08. The zero-order valence-corrected chi connectivity index (χ0v) is 13.5. The van der Waals surface area contributed by atoms with E-state index in [1.807, 2.05) is 43.3 Å². The van der Waals surface area contributed by atoms with Crippen molar-refractivity contribution in [3.8, 4) is 5.75 Å². The lowest BCUT2D eigenvalue weighted by molar-refractivity contribution is -0.123. The van der Waals surface area contributed by atoms with Gasteiger partial charge >= 0.3 is 0 Å². The van der Waals surface area contributed by atoms with Crippen molar-refractivity contribution >= 4 is 29.8 Å². The fourth-order valence-corrected chi connectivity index (χ4v) is 1.98. The number of nitrogens with zero attached hydrogens (tertiary/aromatic N) is 1. The van der Waals surface area contributed by atoms with Crippen LogP contribution in [0.25, 0.3) is 6.08 Å². The van der Waals surface area contributed by atoms with E-state index in [0.717, 1.165) is 11.1 Å². The number of nitrogens with one attached hydrogen (secondary N) is 1. The predicted molar refractivity (Wildman–Crippen MR) is 93.7 cm³/mol. The fraction of sp³-hybridized carbons (Fsp3) is 0.111. The first kappa shape index (κ1) is 16.8. The molecule has 0 spiro atoms. The lowest BCUT2D eigenvalue weighted by Crippen LogP contribution is -2.24. The minimum Gasteiger partial charge on any atom is -0.482 e. The van der Waals surface area contributed by atoms with E-state index in [4.69, 9.17) is 16.3 Å². The molecule has 0 aliphatic rings. The number of carbonyl (C=O) groups is 1. The van der Waals surface area contributed by atoms with Gasteiger partial charge in [0.05, 0.1) is 11.2 Å². The number of ether oxygens (including phenoxy) is 1. The average molecular weight is 329 g/mol. The predicted octanol–water partition coefficient (Wildman–Crippen LogP) is 3.92. The molecule has 23 heavy (non-hydrogen) atoms. The number of halogens is 1. The zero-order chi connectivity index (χ0) is 16.5. The minimum atomic E-state index is -0.353. The van der Waals surface area contributed by atoms with Crippen LogP contribution in [0.1, 0.15) is 12.5 Å². The number of allylic oxidation sites excluding steroid dienone is 1. The Morgan fingerprint density at radius 3 is 2.61 bits per heavy atom. The van der Waals surface area contributed by atoms with Gasteiger partial charge < -0.3 is 4.74 Å². The summed E-state index contributed by atoms with van der Waals surface area (Å²) in [4.78, 5) is 11.7. The van der Waals surface area contributed by atoms with Gasteiger partial charge in [0.2, 0.25) is 0 Å². The minimum absolute atomic E-state index is 0.150. The third-order valence-electron chi connectivity index (χ3n) is 2.85. The molecule has 0 unspecified atom stereocenters. The van der Waals surface area contributed by atoms with Gasteiger partial charge in [-0.15, -0.1) is 0 Å². The zero-order valence-electron chi connectivity index (χ0n) is 12.7. The maximum atomic E-state index is 11.7. The summed E-state index contributed by atoms with van der Waals surface area (Å²) < 4.78 is 5.32. The molecule has 0 bridgehead atoms. The summed E-state index contributed by atoms with van der Waals surface area (Å²) in [6, 6.07) is 16.8. The highest BCUT2D eigenvalue weighted by molar-refractivity contribution is 6.32. The summed E-state index contributed by atoms with van der Waals surface area (Å²) >= 11 is 5.94. The number of hydrogen-bond donors (Lipinski definition) is 1. The van der Waals surface area contributed by atoms with Gasteiger partial charge in [-0.25, -0.2) is 5.43 Å². The molecule has 2 rings (SSSR count). The van der Waals surface area contributed by atoms with E-state index in [1.54, 1.807) is 30.5 Å². The summed E-state index contributed by atoms with van der Waals surface area (Å²) in [5.41, 5.74) is 4.40. The van der Waals surface area contributed by atoms with Gasteiger partial charge in [0.1, 0.15) is 5.75 Å². The molecule has 4 nitrogen and oxygen atoms in total. The Labute approximate surface area is 140 Å². The molecule has 118 valence electrons. The molecule has 0 aliphatic carbocycles. The summed E-state index contributed by atoms with van der Waals surface area (Å²) in [7, 11) is 0. The summed E-state index contributed by atoms with van der Waals surface area (Å²) in [6.45, 7) is 1.76. The highest BCUT2D eigenvalue weighted by atomic mass is 35.5. The van der Waals surface area contributed by atoms with Gasteiger partial charge in [-0.3, -0.25) is 4.79 Å². The molecule has 0 atom stereocenters. The summed E-state index contributed by atoms with van der Waals surface area (Å²) in [5, 5.41) is 4.36. The van der Waals surface area contributed by atoms with Gasteiger partial charge in [-0.1, -0.05) is 60.1 Å². The van der Waals surface area contributed by atoms with Crippen molar-refractivity contribution in [1.82, 2.24) is 5.43 Å². The normalized spacial score (nSPS) is 11.5. The van der Waals surface area contributed by atoms with Crippen LogP contribution in [0.4, 0.5) is 0 Å². The quantitative estimate of drug-likeness (QED) is 0.645.